The molecule has 5 atom stereocenters. The lowest BCUT2D eigenvalue weighted by Crippen LogP contribution is -2.50. The second kappa shape index (κ2) is 10.8. The zero-order chi connectivity index (χ0) is 23.1. The molecule has 1 aliphatic heterocycles. The summed E-state index contributed by atoms with van der Waals surface area (Å²) in [4.78, 5) is 48.7. The number of carbonyl (C=O) groups excluding carboxylic acids is 4. The SMILES string of the molecule is CCCCC1C(=O)OC(C)C(NC(=O)c2cccc(NC=O)c2O)C(=O)OC(C)C1O. The molecule has 1 heterocycles. The van der Waals surface area contributed by atoms with Gasteiger partial charge < -0.3 is 30.3 Å². The molecule has 1 aromatic rings. The van der Waals surface area contributed by atoms with Crippen molar-refractivity contribution in [3.8, 4) is 5.75 Å². The predicted molar refractivity (Wildman–Crippen MR) is 109 cm³/mol. The number of para-hydroxylation sites is 1. The highest BCUT2D eigenvalue weighted by Gasteiger charge is 2.41. The van der Waals surface area contributed by atoms with Gasteiger partial charge >= 0.3 is 11.9 Å². The number of unbranched alkanes of at least 4 members (excludes halogenated alkanes) is 1. The first-order chi connectivity index (χ1) is 14.7. The minimum atomic E-state index is -1.38. The van der Waals surface area contributed by atoms with Crippen molar-refractivity contribution in [3.63, 3.8) is 0 Å². The number of amides is 2. The second-order valence-electron chi connectivity index (χ2n) is 7.44. The molecule has 2 rings (SSSR count). The zero-order valence-corrected chi connectivity index (χ0v) is 17.7. The molecular weight excluding hydrogens is 408 g/mol. The van der Waals surface area contributed by atoms with Crippen molar-refractivity contribution < 1.29 is 38.9 Å². The van der Waals surface area contributed by atoms with Crippen LogP contribution in [-0.4, -0.2) is 58.8 Å². The number of ether oxygens (including phenoxy) is 2. The Bertz CT molecular complexity index is 828. The van der Waals surface area contributed by atoms with Gasteiger partial charge in [-0.1, -0.05) is 25.8 Å². The van der Waals surface area contributed by atoms with Gasteiger partial charge in [-0.2, -0.15) is 0 Å². The van der Waals surface area contributed by atoms with E-state index in [4.69, 9.17) is 9.47 Å². The summed E-state index contributed by atoms with van der Waals surface area (Å²) in [7, 11) is 0. The summed E-state index contributed by atoms with van der Waals surface area (Å²) in [6.07, 6.45) is -1.15. The molecule has 0 saturated carbocycles. The Morgan fingerprint density at radius 3 is 2.48 bits per heavy atom. The largest absolute Gasteiger partial charge is 0.505 e. The fourth-order valence-corrected chi connectivity index (χ4v) is 3.34. The summed E-state index contributed by atoms with van der Waals surface area (Å²) in [5.41, 5.74) is -0.193. The summed E-state index contributed by atoms with van der Waals surface area (Å²) in [6, 6.07) is 2.74. The van der Waals surface area contributed by atoms with Gasteiger partial charge in [0, 0.05) is 0 Å². The van der Waals surface area contributed by atoms with Crippen molar-refractivity contribution in [2.24, 2.45) is 5.92 Å². The van der Waals surface area contributed by atoms with Gasteiger partial charge in [0.15, 0.2) is 11.8 Å². The number of phenols is 1. The minimum Gasteiger partial charge on any atom is -0.505 e. The number of rotatable bonds is 7. The van der Waals surface area contributed by atoms with E-state index in [9.17, 15) is 29.4 Å². The Hall–Kier alpha value is -3.14. The Kier molecular flexibility index (Phi) is 8.38. The maximum atomic E-state index is 12.7. The third-order valence-corrected chi connectivity index (χ3v) is 5.17. The number of carbonyl (C=O) groups is 4. The average molecular weight is 436 g/mol. The lowest BCUT2D eigenvalue weighted by atomic mass is 9.93. The first-order valence-corrected chi connectivity index (χ1v) is 10.1. The van der Waals surface area contributed by atoms with E-state index < -0.39 is 53.9 Å². The van der Waals surface area contributed by atoms with Crippen LogP contribution in [0.4, 0.5) is 5.69 Å². The molecular formula is C21H28N2O8. The summed E-state index contributed by atoms with van der Waals surface area (Å²) in [5.74, 6) is -3.77. The molecule has 1 fully saturated rings. The van der Waals surface area contributed by atoms with E-state index in [2.05, 4.69) is 10.6 Å². The minimum absolute atomic E-state index is 0.00896. The normalized spacial score (nSPS) is 26.5. The Morgan fingerprint density at radius 2 is 1.84 bits per heavy atom. The molecule has 2 amide bonds. The molecule has 0 aromatic heterocycles. The Labute approximate surface area is 179 Å². The van der Waals surface area contributed by atoms with Crippen LogP contribution >= 0.6 is 0 Å². The van der Waals surface area contributed by atoms with Gasteiger partial charge in [0.05, 0.1) is 17.2 Å². The van der Waals surface area contributed by atoms with Crippen LogP contribution in [0.2, 0.25) is 0 Å². The van der Waals surface area contributed by atoms with E-state index in [1.807, 2.05) is 6.92 Å². The first kappa shape index (κ1) is 24.1. The molecule has 0 spiro atoms. The van der Waals surface area contributed by atoms with Crippen molar-refractivity contribution in [2.75, 3.05) is 5.32 Å². The number of cyclic esters (lactones) is 2. The molecule has 0 aliphatic carbocycles. The standard InChI is InChI=1S/C21H28N2O8/c1-4-5-7-14-17(25)12(3)31-21(29)16(11(2)30-20(14)28)23-19(27)13-8-6-9-15(18(13)26)22-10-24/h6,8-12,14,16-17,25-26H,4-5,7H2,1-3H3,(H,22,24)(H,23,27). The van der Waals surface area contributed by atoms with Crippen LogP contribution in [0.15, 0.2) is 18.2 Å². The molecule has 1 saturated heterocycles. The van der Waals surface area contributed by atoms with E-state index in [-0.39, 0.29) is 11.3 Å². The van der Waals surface area contributed by atoms with Gasteiger partial charge in [-0.3, -0.25) is 14.4 Å². The van der Waals surface area contributed by atoms with Crippen LogP contribution in [0, 0.1) is 5.92 Å². The maximum absolute atomic E-state index is 12.7. The number of phenolic OH excluding ortho intramolecular Hbond substituents is 1. The molecule has 5 unspecified atom stereocenters. The summed E-state index contributed by atoms with van der Waals surface area (Å²) in [6.45, 7) is 4.83. The molecule has 170 valence electrons. The maximum Gasteiger partial charge on any atom is 0.332 e. The number of aromatic hydroxyl groups is 1. The number of anilines is 1. The van der Waals surface area contributed by atoms with Crippen LogP contribution in [-0.2, 0) is 23.9 Å². The molecule has 0 radical (unpaired) electrons. The molecule has 0 bridgehead atoms. The predicted octanol–water partition coefficient (Wildman–Crippen LogP) is 1.10. The van der Waals surface area contributed by atoms with Crippen molar-refractivity contribution in [1.29, 1.82) is 0 Å². The number of hydrogen-bond acceptors (Lipinski definition) is 8. The van der Waals surface area contributed by atoms with Crippen LogP contribution in [0.3, 0.4) is 0 Å². The third-order valence-electron chi connectivity index (χ3n) is 5.17. The van der Waals surface area contributed by atoms with E-state index in [1.165, 1.54) is 32.0 Å². The van der Waals surface area contributed by atoms with Crippen LogP contribution < -0.4 is 10.6 Å². The van der Waals surface area contributed by atoms with Crippen LogP contribution in [0.1, 0.15) is 50.4 Å². The second-order valence-corrected chi connectivity index (χ2v) is 7.44. The molecule has 1 aromatic carbocycles. The number of benzene rings is 1. The van der Waals surface area contributed by atoms with Gasteiger partial charge in [-0.25, -0.2) is 4.79 Å². The fraction of sp³-hybridized carbons (Fsp3) is 0.524. The smallest absolute Gasteiger partial charge is 0.332 e. The third kappa shape index (κ3) is 5.72. The quantitative estimate of drug-likeness (QED) is 0.282. The van der Waals surface area contributed by atoms with Crippen molar-refractivity contribution in [3.05, 3.63) is 23.8 Å². The van der Waals surface area contributed by atoms with Crippen molar-refractivity contribution >= 4 is 29.9 Å². The molecule has 10 heteroatoms. The fourth-order valence-electron chi connectivity index (χ4n) is 3.34. The monoisotopic (exact) mass is 436 g/mol. The number of hydrogen-bond donors (Lipinski definition) is 4. The number of aliphatic hydroxyl groups is 1. The molecule has 10 nitrogen and oxygen atoms in total. The molecule has 31 heavy (non-hydrogen) atoms. The summed E-state index contributed by atoms with van der Waals surface area (Å²) in [5, 5.41) is 25.4. The van der Waals surface area contributed by atoms with Crippen LogP contribution in [0.25, 0.3) is 0 Å². The number of aliphatic hydroxyl groups excluding tert-OH is 1. The highest BCUT2D eigenvalue weighted by atomic mass is 16.6. The Balaban J connectivity index is 2.27. The summed E-state index contributed by atoms with van der Waals surface area (Å²) >= 11 is 0. The van der Waals surface area contributed by atoms with E-state index in [1.54, 1.807) is 0 Å². The zero-order valence-electron chi connectivity index (χ0n) is 17.7. The number of nitrogens with one attached hydrogen (secondary N) is 2. The highest BCUT2D eigenvalue weighted by molar-refractivity contribution is 6.01. The van der Waals surface area contributed by atoms with Crippen molar-refractivity contribution in [1.82, 2.24) is 5.32 Å². The topological polar surface area (TPSA) is 151 Å². The molecule has 4 N–H and O–H groups in total. The lowest BCUT2D eigenvalue weighted by Gasteiger charge is -2.24. The molecule has 1 aliphatic rings. The van der Waals surface area contributed by atoms with Gasteiger partial charge in [0.25, 0.3) is 5.91 Å². The first-order valence-electron chi connectivity index (χ1n) is 10.1. The Morgan fingerprint density at radius 1 is 1.16 bits per heavy atom. The van der Waals surface area contributed by atoms with Gasteiger partial charge in [0.2, 0.25) is 6.41 Å². The van der Waals surface area contributed by atoms with Gasteiger partial charge in [-0.05, 0) is 32.4 Å². The van der Waals surface area contributed by atoms with Crippen molar-refractivity contribution in [2.45, 2.75) is 64.4 Å². The highest BCUT2D eigenvalue weighted by Crippen LogP contribution is 2.28. The van der Waals surface area contributed by atoms with Crippen LogP contribution in [0.5, 0.6) is 5.75 Å². The van der Waals surface area contributed by atoms with Gasteiger partial charge in [-0.15, -0.1) is 0 Å². The van der Waals surface area contributed by atoms with E-state index >= 15 is 0 Å². The number of esters is 2. The average Bonchev–Trinajstić information content (AvgIpc) is 2.74. The lowest BCUT2D eigenvalue weighted by molar-refractivity contribution is -0.160. The van der Waals surface area contributed by atoms with E-state index in [0.717, 1.165) is 6.42 Å². The van der Waals surface area contributed by atoms with E-state index in [0.29, 0.717) is 19.3 Å². The summed E-state index contributed by atoms with van der Waals surface area (Å²) < 4.78 is 10.7. The van der Waals surface area contributed by atoms with Gasteiger partial charge in [0.1, 0.15) is 18.3 Å².